The number of carbonyl (C=O) groups excluding carboxylic acids is 1. The molecular formula is C12H12F3NO5. The van der Waals surface area contributed by atoms with Crippen LogP contribution in [0.25, 0.3) is 0 Å². The van der Waals surface area contributed by atoms with Gasteiger partial charge in [0.1, 0.15) is 11.5 Å². The number of benzene rings is 1. The van der Waals surface area contributed by atoms with Crippen LogP contribution in [0.2, 0.25) is 0 Å². The first-order valence-electron chi connectivity index (χ1n) is 5.54. The summed E-state index contributed by atoms with van der Waals surface area (Å²) in [4.78, 5) is 21.7. The Bertz CT molecular complexity index is 557. The molecule has 0 aromatic heterocycles. The molecule has 1 aromatic rings. The summed E-state index contributed by atoms with van der Waals surface area (Å²) in [6.07, 6.45) is -5.47. The number of halogens is 3. The summed E-state index contributed by atoms with van der Waals surface area (Å²) >= 11 is 0. The van der Waals surface area contributed by atoms with Gasteiger partial charge in [0.05, 0.1) is 26.3 Å². The normalized spacial score (nSPS) is 10.9. The van der Waals surface area contributed by atoms with Crippen LogP contribution in [0.5, 0.6) is 11.5 Å². The van der Waals surface area contributed by atoms with Gasteiger partial charge in [0.25, 0.3) is 0 Å². The molecule has 1 aromatic carbocycles. The highest BCUT2D eigenvalue weighted by atomic mass is 19.4. The van der Waals surface area contributed by atoms with E-state index in [1.165, 1.54) is 20.3 Å². The Kier molecular flexibility index (Phi) is 5.01. The first kappa shape index (κ1) is 16.6. The number of alkyl halides is 3. The van der Waals surface area contributed by atoms with Crippen LogP contribution in [-0.2, 0) is 16.0 Å². The summed E-state index contributed by atoms with van der Waals surface area (Å²) in [7, 11) is 2.40. The number of carboxylic acid groups (broad SMARTS) is 1. The molecule has 0 heterocycles. The monoisotopic (exact) mass is 307 g/mol. The molecule has 1 amide bonds. The number of ether oxygens (including phenoxy) is 2. The largest absolute Gasteiger partial charge is 0.496 e. The molecule has 1 rings (SSSR count). The summed E-state index contributed by atoms with van der Waals surface area (Å²) in [5.74, 6) is -3.41. The second kappa shape index (κ2) is 6.33. The first-order valence-corrected chi connectivity index (χ1v) is 5.54. The molecule has 0 fully saturated rings. The van der Waals surface area contributed by atoms with Gasteiger partial charge in [-0.3, -0.25) is 9.59 Å². The van der Waals surface area contributed by atoms with E-state index < -0.39 is 24.5 Å². The average molecular weight is 307 g/mol. The smallest absolute Gasteiger partial charge is 0.471 e. The van der Waals surface area contributed by atoms with Crippen molar-refractivity contribution in [2.45, 2.75) is 12.6 Å². The Labute approximate surface area is 117 Å². The highest BCUT2D eigenvalue weighted by molar-refractivity contribution is 5.96. The molecule has 6 nitrogen and oxygen atoms in total. The average Bonchev–Trinajstić information content (AvgIpc) is 2.38. The predicted octanol–water partition coefficient (Wildman–Crippen LogP) is 1.83. The number of rotatable bonds is 5. The van der Waals surface area contributed by atoms with Crippen molar-refractivity contribution in [2.75, 3.05) is 19.5 Å². The van der Waals surface area contributed by atoms with Crippen LogP contribution in [0.1, 0.15) is 5.56 Å². The number of methoxy groups -OCH3 is 2. The zero-order chi connectivity index (χ0) is 16.2. The van der Waals surface area contributed by atoms with Gasteiger partial charge in [-0.05, 0) is 6.07 Å². The molecule has 0 aliphatic rings. The summed E-state index contributed by atoms with van der Waals surface area (Å²) < 4.78 is 46.5. The number of hydrogen-bond donors (Lipinski definition) is 2. The highest BCUT2D eigenvalue weighted by Crippen LogP contribution is 2.34. The van der Waals surface area contributed by atoms with Crippen molar-refractivity contribution in [3.63, 3.8) is 0 Å². The van der Waals surface area contributed by atoms with Gasteiger partial charge in [-0.2, -0.15) is 13.2 Å². The van der Waals surface area contributed by atoms with Crippen LogP contribution in [0, 0.1) is 0 Å². The quantitative estimate of drug-likeness (QED) is 0.867. The minimum atomic E-state index is -5.06. The third-order valence-electron chi connectivity index (χ3n) is 2.45. The third-order valence-corrected chi connectivity index (χ3v) is 2.45. The standard InChI is InChI=1S/C12H12F3NO5/c1-20-8-5-7(16-11(19)12(13,14)15)9(21-2)3-6(8)4-10(17)18/h3,5H,4H2,1-2H3,(H,16,19)(H,17,18). The van der Waals surface area contributed by atoms with Gasteiger partial charge >= 0.3 is 18.1 Å². The number of aliphatic carboxylic acids is 1. The molecule has 0 spiro atoms. The molecule has 0 saturated carbocycles. The first-order chi connectivity index (χ1) is 9.68. The molecule has 116 valence electrons. The topological polar surface area (TPSA) is 84.9 Å². The van der Waals surface area contributed by atoms with Crippen molar-refractivity contribution in [3.8, 4) is 11.5 Å². The fraction of sp³-hybridized carbons (Fsp3) is 0.333. The number of hydrogen-bond acceptors (Lipinski definition) is 4. The number of carboxylic acids is 1. The molecule has 0 aliphatic heterocycles. The molecule has 0 saturated heterocycles. The van der Waals surface area contributed by atoms with Crippen LogP contribution in [0.4, 0.5) is 18.9 Å². The van der Waals surface area contributed by atoms with E-state index in [0.29, 0.717) is 0 Å². The van der Waals surface area contributed by atoms with Gasteiger partial charge in [0.2, 0.25) is 0 Å². The fourth-order valence-corrected chi connectivity index (χ4v) is 1.55. The molecule has 0 aliphatic carbocycles. The van der Waals surface area contributed by atoms with E-state index in [4.69, 9.17) is 14.6 Å². The summed E-state index contributed by atoms with van der Waals surface area (Å²) in [5, 5.41) is 10.4. The van der Waals surface area contributed by atoms with Crippen molar-refractivity contribution in [3.05, 3.63) is 17.7 Å². The number of amides is 1. The second-order valence-electron chi connectivity index (χ2n) is 3.89. The van der Waals surface area contributed by atoms with Gasteiger partial charge in [0.15, 0.2) is 0 Å². The van der Waals surface area contributed by atoms with Crippen molar-refractivity contribution in [1.29, 1.82) is 0 Å². The minimum Gasteiger partial charge on any atom is -0.496 e. The highest BCUT2D eigenvalue weighted by Gasteiger charge is 2.39. The molecule has 21 heavy (non-hydrogen) atoms. The Morgan fingerprint density at radius 2 is 1.76 bits per heavy atom. The summed E-state index contributed by atoms with van der Waals surface area (Å²) in [6.45, 7) is 0. The van der Waals surface area contributed by atoms with Gasteiger partial charge in [0, 0.05) is 11.6 Å². The molecule has 9 heteroatoms. The zero-order valence-corrected chi connectivity index (χ0v) is 11.1. The van der Waals surface area contributed by atoms with Crippen LogP contribution < -0.4 is 14.8 Å². The van der Waals surface area contributed by atoms with E-state index in [0.717, 1.165) is 6.07 Å². The van der Waals surface area contributed by atoms with E-state index in [2.05, 4.69) is 0 Å². The summed E-state index contributed by atoms with van der Waals surface area (Å²) in [5.41, 5.74) is -0.0716. The lowest BCUT2D eigenvalue weighted by Crippen LogP contribution is -2.30. The Hall–Kier alpha value is -2.45. The van der Waals surface area contributed by atoms with Crippen LogP contribution >= 0.6 is 0 Å². The SMILES string of the molecule is COc1cc(NC(=O)C(F)(F)F)c(OC)cc1CC(=O)O. The minimum absolute atomic E-state index is 0.0238. The molecule has 0 radical (unpaired) electrons. The van der Waals surface area contributed by atoms with E-state index in [9.17, 15) is 22.8 Å². The van der Waals surface area contributed by atoms with Crippen LogP contribution in [0.3, 0.4) is 0 Å². The van der Waals surface area contributed by atoms with Gasteiger partial charge in [-0.25, -0.2) is 0 Å². The van der Waals surface area contributed by atoms with E-state index in [1.54, 1.807) is 5.32 Å². The molecule has 0 unspecified atom stereocenters. The fourth-order valence-electron chi connectivity index (χ4n) is 1.55. The molecule has 2 N–H and O–H groups in total. The lowest BCUT2D eigenvalue weighted by molar-refractivity contribution is -0.167. The van der Waals surface area contributed by atoms with Gasteiger partial charge < -0.3 is 19.9 Å². The number of carbonyl (C=O) groups is 2. The van der Waals surface area contributed by atoms with E-state index >= 15 is 0 Å². The summed E-state index contributed by atoms with van der Waals surface area (Å²) in [6, 6.07) is 2.26. The van der Waals surface area contributed by atoms with Crippen LogP contribution in [0.15, 0.2) is 12.1 Å². The molecule has 0 atom stereocenters. The van der Waals surface area contributed by atoms with Gasteiger partial charge in [-0.1, -0.05) is 0 Å². The second-order valence-corrected chi connectivity index (χ2v) is 3.89. The Morgan fingerprint density at radius 1 is 1.19 bits per heavy atom. The number of nitrogens with one attached hydrogen (secondary N) is 1. The Morgan fingerprint density at radius 3 is 2.19 bits per heavy atom. The maximum absolute atomic E-state index is 12.2. The van der Waals surface area contributed by atoms with Crippen molar-refractivity contribution < 1.29 is 37.3 Å². The lowest BCUT2D eigenvalue weighted by Gasteiger charge is -2.15. The van der Waals surface area contributed by atoms with Gasteiger partial charge in [-0.15, -0.1) is 0 Å². The Balaban J connectivity index is 3.21. The number of anilines is 1. The third kappa shape index (κ3) is 4.26. The molecule has 0 bridgehead atoms. The van der Waals surface area contributed by atoms with E-state index in [-0.39, 0.29) is 22.7 Å². The van der Waals surface area contributed by atoms with E-state index in [1.807, 2.05) is 0 Å². The zero-order valence-electron chi connectivity index (χ0n) is 11.1. The predicted molar refractivity (Wildman–Crippen MR) is 65.6 cm³/mol. The van der Waals surface area contributed by atoms with Crippen LogP contribution in [-0.4, -0.2) is 37.4 Å². The molecular weight excluding hydrogens is 295 g/mol. The lowest BCUT2D eigenvalue weighted by atomic mass is 10.1. The van der Waals surface area contributed by atoms with Crippen molar-refractivity contribution in [2.24, 2.45) is 0 Å². The van der Waals surface area contributed by atoms with Crippen molar-refractivity contribution >= 4 is 17.6 Å². The van der Waals surface area contributed by atoms with Crippen molar-refractivity contribution in [1.82, 2.24) is 0 Å². The maximum atomic E-state index is 12.2. The maximum Gasteiger partial charge on any atom is 0.471 e.